The monoisotopic (exact) mass is 263 g/mol. The van der Waals surface area contributed by atoms with Crippen LogP contribution >= 0.6 is 22.6 Å². The number of hydrogen-bond donors (Lipinski definition) is 1. The maximum atomic E-state index is 10.3. The van der Waals surface area contributed by atoms with E-state index in [1.54, 1.807) is 0 Å². The zero-order valence-corrected chi connectivity index (χ0v) is 8.68. The molecule has 60 valence electrons. The first-order valence-corrected chi connectivity index (χ1v) is 4.45. The van der Waals surface area contributed by atoms with Crippen LogP contribution in [0.1, 0.15) is 29.9 Å². The molecule has 2 nitrogen and oxygen atoms in total. The van der Waals surface area contributed by atoms with E-state index in [9.17, 15) is 4.79 Å². The van der Waals surface area contributed by atoms with Crippen molar-refractivity contribution in [3.8, 4) is 0 Å². The summed E-state index contributed by atoms with van der Waals surface area (Å²) >= 11 is 2.34. The number of H-pyrrole nitrogens is 1. The summed E-state index contributed by atoms with van der Waals surface area (Å²) in [5.41, 5.74) is 1.80. The second-order valence-electron chi connectivity index (χ2n) is 2.93. The van der Waals surface area contributed by atoms with Gasteiger partial charge in [0.25, 0.3) is 0 Å². The molecule has 11 heavy (non-hydrogen) atoms. The smallest absolute Gasteiger partial charge is 0.166 e. The van der Waals surface area contributed by atoms with Gasteiger partial charge >= 0.3 is 0 Å². The van der Waals surface area contributed by atoms with Crippen LogP contribution < -0.4 is 0 Å². The number of aldehydes is 1. The van der Waals surface area contributed by atoms with Crippen LogP contribution in [-0.2, 0) is 3.42 Å². The Kier molecular flexibility index (Phi) is 2.37. The van der Waals surface area contributed by atoms with Gasteiger partial charge in [-0.2, -0.15) is 0 Å². The van der Waals surface area contributed by atoms with E-state index < -0.39 is 0 Å². The number of hydrogen-bond acceptors (Lipinski definition) is 1. The largest absolute Gasteiger partial charge is 0.359 e. The lowest BCUT2D eigenvalue weighted by Crippen LogP contribution is -2.03. The number of aromatic nitrogens is 1. The summed E-state index contributed by atoms with van der Waals surface area (Å²) in [4.78, 5) is 13.2. The van der Waals surface area contributed by atoms with Crippen LogP contribution in [0.3, 0.4) is 0 Å². The molecular weight excluding hydrogens is 253 g/mol. The van der Waals surface area contributed by atoms with Gasteiger partial charge in [-0.3, -0.25) is 4.79 Å². The first-order valence-electron chi connectivity index (χ1n) is 3.37. The molecule has 0 saturated heterocycles. The molecule has 1 aromatic rings. The molecule has 1 heterocycles. The lowest BCUT2D eigenvalue weighted by Gasteiger charge is -2.12. The predicted molar refractivity (Wildman–Crippen MR) is 53.2 cm³/mol. The fourth-order valence-corrected chi connectivity index (χ4v) is 1.13. The molecule has 3 heteroatoms. The van der Waals surface area contributed by atoms with Crippen molar-refractivity contribution >= 4 is 28.9 Å². The molecule has 0 unspecified atom stereocenters. The van der Waals surface area contributed by atoms with E-state index in [1.807, 2.05) is 12.3 Å². The molecule has 0 aliphatic carbocycles. The highest BCUT2D eigenvalue weighted by molar-refractivity contribution is 14.1. The van der Waals surface area contributed by atoms with E-state index in [0.29, 0.717) is 5.69 Å². The molecule has 0 aliphatic rings. The third-order valence-electron chi connectivity index (χ3n) is 1.52. The summed E-state index contributed by atoms with van der Waals surface area (Å²) in [5.74, 6) is 0. The Hall–Kier alpha value is -0.320. The van der Waals surface area contributed by atoms with Gasteiger partial charge in [0.1, 0.15) is 0 Å². The fourth-order valence-electron chi connectivity index (χ4n) is 0.823. The molecule has 1 rings (SSSR count). The molecule has 0 radical (unpaired) electrons. The first-order chi connectivity index (χ1) is 5.04. The SMILES string of the molecule is CC(C)(I)c1c[nH]c(C=O)c1. The first kappa shape index (κ1) is 8.77. The molecule has 1 aromatic heterocycles. The van der Waals surface area contributed by atoms with Crippen molar-refractivity contribution in [1.29, 1.82) is 0 Å². The van der Waals surface area contributed by atoms with Gasteiger partial charge in [0, 0.05) is 9.62 Å². The van der Waals surface area contributed by atoms with Crippen LogP contribution in [0.25, 0.3) is 0 Å². The number of halogens is 1. The average Bonchev–Trinajstić information content (AvgIpc) is 2.32. The minimum atomic E-state index is 0.0928. The van der Waals surface area contributed by atoms with Crippen molar-refractivity contribution < 1.29 is 4.79 Å². The molecule has 0 aromatic carbocycles. The third-order valence-corrected chi connectivity index (χ3v) is 2.14. The van der Waals surface area contributed by atoms with Crippen LogP contribution in [0.15, 0.2) is 12.3 Å². The lowest BCUT2D eigenvalue weighted by atomic mass is 10.1. The van der Waals surface area contributed by atoms with Crippen LogP contribution in [-0.4, -0.2) is 11.3 Å². The Morgan fingerprint density at radius 3 is 2.55 bits per heavy atom. The molecule has 0 spiro atoms. The Labute approximate surface area is 79.5 Å². The van der Waals surface area contributed by atoms with E-state index in [0.717, 1.165) is 11.8 Å². The van der Waals surface area contributed by atoms with E-state index in [2.05, 4.69) is 41.4 Å². The lowest BCUT2D eigenvalue weighted by molar-refractivity contribution is 0.111. The van der Waals surface area contributed by atoms with Gasteiger partial charge in [-0.15, -0.1) is 0 Å². The summed E-state index contributed by atoms with van der Waals surface area (Å²) in [7, 11) is 0. The zero-order chi connectivity index (χ0) is 8.48. The quantitative estimate of drug-likeness (QED) is 0.496. The van der Waals surface area contributed by atoms with Crippen molar-refractivity contribution in [2.75, 3.05) is 0 Å². The van der Waals surface area contributed by atoms with E-state index in [4.69, 9.17) is 0 Å². The second kappa shape index (κ2) is 2.97. The van der Waals surface area contributed by atoms with Crippen LogP contribution in [0.2, 0.25) is 0 Å². The summed E-state index contributed by atoms with van der Waals surface area (Å²) in [6.45, 7) is 4.20. The van der Waals surface area contributed by atoms with Crippen LogP contribution in [0, 0.1) is 0 Å². The molecular formula is C8H10INO. The molecule has 0 bridgehead atoms. The number of carbonyl (C=O) groups excluding carboxylic acids is 1. The normalized spacial score (nSPS) is 11.5. The summed E-state index contributed by atoms with van der Waals surface area (Å²) in [5, 5.41) is 0. The van der Waals surface area contributed by atoms with Crippen molar-refractivity contribution in [3.05, 3.63) is 23.5 Å². The summed E-state index contributed by atoms with van der Waals surface area (Å²) in [6.07, 6.45) is 2.70. The van der Waals surface area contributed by atoms with E-state index in [1.165, 1.54) is 0 Å². The highest BCUT2D eigenvalue weighted by atomic mass is 127. The predicted octanol–water partition coefficient (Wildman–Crippen LogP) is 2.50. The number of alkyl halides is 1. The van der Waals surface area contributed by atoms with Crippen molar-refractivity contribution in [1.82, 2.24) is 4.98 Å². The third kappa shape index (κ3) is 2.05. The van der Waals surface area contributed by atoms with Crippen molar-refractivity contribution in [3.63, 3.8) is 0 Å². The zero-order valence-electron chi connectivity index (χ0n) is 6.52. The Morgan fingerprint density at radius 2 is 2.27 bits per heavy atom. The van der Waals surface area contributed by atoms with Crippen LogP contribution in [0.5, 0.6) is 0 Å². The standard InChI is InChI=1S/C8H10INO/c1-8(2,9)6-3-7(5-11)10-4-6/h3-5,10H,1-2H3. The number of aromatic amines is 1. The van der Waals surface area contributed by atoms with Crippen LogP contribution in [0.4, 0.5) is 0 Å². The van der Waals surface area contributed by atoms with Gasteiger partial charge in [0.05, 0.1) is 5.69 Å². The van der Waals surface area contributed by atoms with Gasteiger partial charge in [0.2, 0.25) is 0 Å². The molecule has 0 amide bonds. The van der Waals surface area contributed by atoms with Crippen molar-refractivity contribution in [2.45, 2.75) is 17.3 Å². The maximum absolute atomic E-state index is 10.3. The number of nitrogens with one attached hydrogen (secondary N) is 1. The van der Waals surface area contributed by atoms with Gasteiger partial charge in [0.15, 0.2) is 6.29 Å². The molecule has 1 N–H and O–H groups in total. The second-order valence-corrected chi connectivity index (χ2v) is 5.63. The van der Waals surface area contributed by atoms with Gasteiger partial charge in [-0.1, -0.05) is 22.6 Å². The van der Waals surface area contributed by atoms with E-state index >= 15 is 0 Å². The minimum absolute atomic E-state index is 0.0928. The summed E-state index contributed by atoms with van der Waals surface area (Å²) < 4.78 is 0.0928. The Balaban J connectivity index is 2.98. The average molecular weight is 263 g/mol. The molecule has 0 atom stereocenters. The highest BCUT2D eigenvalue weighted by Crippen LogP contribution is 2.30. The number of carbonyl (C=O) groups is 1. The summed E-state index contributed by atoms with van der Waals surface area (Å²) in [6, 6.07) is 1.87. The fraction of sp³-hybridized carbons (Fsp3) is 0.375. The van der Waals surface area contributed by atoms with Crippen molar-refractivity contribution in [2.24, 2.45) is 0 Å². The highest BCUT2D eigenvalue weighted by Gasteiger charge is 2.16. The van der Waals surface area contributed by atoms with E-state index in [-0.39, 0.29) is 3.42 Å². The van der Waals surface area contributed by atoms with Gasteiger partial charge in [-0.05, 0) is 25.5 Å². The maximum Gasteiger partial charge on any atom is 0.166 e. The Morgan fingerprint density at radius 1 is 1.64 bits per heavy atom. The minimum Gasteiger partial charge on any atom is -0.359 e. The van der Waals surface area contributed by atoms with Gasteiger partial charge < -0.3 is 4.98 Å². The van der Waals surface area contributed by atoms with Gasteiger partial charge in [-0.25, -0.2) is 0 Å². The number of rotatable bonds is 2. The topological polar surface area (TPSA) is 32.9 Å². The Bertz CT molecular complexity index is 259. The molecule has 0 aliphatic heterocycles. The molecule has 0 fully saturated rings. The molecule has 0 saturated carbocycles.